The summed E-state index contributed by atoms with van der Waals surface area (Å²) in [5, 5.41) is 0. The summed E-state index contributed by atoms with van der Waals surface area (Å²) < 4.78 is 8.55. The van der Waals surface area contributed by atoms with E-state index in [1.807, 2.05) is 0 Å². The summed E-state index contributed by atoms with van der Waals surface area (Å²) >= 11 is 0. The Hall–Kier alpha value is 1.67. The minimum atomic E-state index is -5.39. The number of phosphoric acid groups is 1. The first kappa shape index (κ1) is 22.6. The van der Waals surface area contributed by atoms with Gasteiger partial charge >= 0.3 is 34.1 Å². The summed E-state index contributed by atoms with van der Waals surface area (Å²) in [7, 11) is -5.39. The Balaban J connectivity index is -0.0000000267. The molecule has 0 aromatic rings. The molecule has 0 unspecified atom stereocenters. The van der Waals surface area contributed by atoms with Gasteiger partial charge in [0.05, 0.1) is 0 Å². The number of hydrogen-bond donors (Lipinski definition) is 0. The fraction of sp³-hybridized carbons (Fsp3) is 0. The Kier molecular flexibility index (Phi) is 24.5. The molecule has 0 aromatic heterocycles. The summed E-state index contributed by atoms with van der Waals surface area (Å²) in [4.78, 5) is 25.6. The normalized spacial score (nSPS) is 7.38. The third-order valence-electron chi connectivity index (χ3n) is 0. The third-order valence-corrected chi connectivity index (χ3v) is 0. The molecule has 1 radical (unpaired) electrons. The fourth-order valence-corrected chi connectivity index (χ4v) is 0. The van der Waals surface area contributed by atoms with Gasteiger partial charge < -0.3 is 19.2 Å². The van der Waals surface area contributed by atoms with Gasteiger partial charge in [-0.15, -0.1) is 0 Å². The zero-order chi connectivity index (χ0) is 4.50. The maximum absolute atomic E-state index is 8.55. The summed E-state index contributed by atoms with van der Waals surface area (Å²) in [5.74, 6) is 0. The minimum Gasteiger partial charge on any atom is -0.822 e. The van der Waals surface area contributed by atoms with Crippen molar-refractivity contribution in [1.82, 2.24) is 0 Å². The molecule has 0 atom stereocenters. The monoisotopic (exact) mass is 269 g/mol. The van der Waals surface area contributed by atoms with Crippen molar-refractivity contribution in [2.75, 3.05) is 0 Å². The average Bonchev–Trinajstić information content (AvgIpc) is 0.722. The largest absolute Gasteiger partial charge is 2.00 e. The molecule has 4 nitrogen and oxygen atoms in total. The minimum absolute atomic E-state index is 0. The van der Waals surface area contributed by atoms with Crippen LogP contribution < -0.4 is 14.7 Å². The molecule has 0 aliphatic carbocycles. The van der Waals surface area contributed by atoms with Gasteiger partial charge in [0.15, 0.2) is 0 Å². The van der Waals surface area contributed by atoms with E-state index >= 15 is 0 Å². The Labute approximate surface area is 78.1 Å². The molecule has 0 fully saturated rings. The van der Waals surface area contributed by atoms with Gasteiger partial charge in [-0.05, 0) is 0 Å². The molecule has 0 aliphatic rings. The van der Waals surface area contributed by atoms with Crippen LogP contribution >= 0.6 is 7.82 Å². The van der Waals surface area contributed by atoms with Crippen LogP contribution in [-0.4, -0.2) is 0 Å². The van der Waals surface area contributed by atoms with Crippen LogP contribution in [-0.2, 0) is 55.8 Å². The van der Waals surface area contributed by atoms with Crippen LogP contribution in [0.2, 0.25) is 0 Å². The molecule has 8 heavy (non-hydrogen) atoms. The SMILES string of the molecule is O=P([O-])([O-])[O-].[Cu+].[Fe].[Mn+2]. The van der Waals surface area contributed by atoms with E-state index in [2.05, 4.69) is 0 Å². The molecule has 0 spiro atoms. The predicted octanol–water partition coefficient (Wildman–Crippen LogP) is -2.83. The molecule has 0 aromatic carbocycles. The molecule has 8 heteroatoms. The maximum Gasteiger partial charge on any atom is 2.00 e. The third kappa shape index (κ3) is 122. The Morgan fingerprint density at radius 2 is 1.12 bits per heavy atom. The van der Waals surface area contributed by atoms with E-state index in [4.69, 9.17) is 19.2 Å². The molecule has 0 amide bonds. The van der Waals surface area contributed by atoms with E-state index < -0.39 is 7.82 Å². The fourth-order valence-electron chi connectivity index (χ4n) is 0. The smallest absolute Gasteiger partial charge is 0.822 e. The second-order valence-corrected chi connectivity index (χ2v) is 1.34. The second kappa shape index (κ2) is 8.67. The van der Waals surface area contributed by atoms with Gasteiger partial charge in [-0.25, -0.2) is 0 Å². The summed E-state index contributed by atoms with van der Waals surface area (Å²) in [6, 6.07) is 0. The van der Waals surface area contributed by atoms with Crippen LogP contribution in [0, 0.1) is 0 Å². The van der Waals surface area contributed by atoms with Gasteiger partial charge in [0.1, 0.15) is 0 Å². The number of rotatable bonds is 0. The molecular formula is CuFeMnO4P. The molecule has 0 saturated carbocycles. The van der Waals surface area contributed by atoms with Gasteiger partial charge in [0.25, 0.3) is 0 Å². The van der Waals surface area contributed by atoms with Crippen LogP contribution in [0.25, 0.3) is 0 Å². The van der Waals surface area contributed by atoms with Crippen LogP contribution in [0.4, 0.5) is 0 Å². The molecule has 0 saturated heterocycles. The van der Waals surface area contributed by atoms with Crippen LogP contribution in [0.5, 0.6) is 0 Å². The molecule has 0 bridgehead atoms. The molecule has 0 aliphatic heterocycles. The van der Waals surface area contributed by atoms with Crippen molar-refractivity contribution in [2.45, 2.75) is 0 Å². The van der Waals surface area contributed by atoms with Crippen molar-refractivity contribution in [2.24, 2.45) is 0 Å². The summed E-state index contributed by atoms with van der Waals surface area (Å²) in [6.45, 7) is 0. The topological polar surface area (TPSA) is 86.2 Å². The first-order valence-electron chi connectivity index (χ1n) is 0.730. The summed E-state index contributed by atoms with van der Waals surface area (Å²) in [6.07, 6.45) is 0. The van der Waals surface area contributed by atoms with Crippen molar-refractivity contribution in [3.63, 3.8) is 0 Å². The van der Waals surface area contributed by atoms with Gasteiger partial charge in [0, 0.05) is 17.1 Å². The van der Waals surface area contributed by atoms with E-state index in [0.29, 0.717) is 0 Å². The Morgan fingerprint density at radius 3 is 1.12 bits per heavy atom. The van der Waals surface area contributed by atoms with Crippen LogP contribution in [0.1, 0.15) is 0 Å². The van der Waals surface area contributed by atoms with Gasteiger partial charge in [-0.3, -0.25) is 0 Å². The van der Waals surface area contributed by atoms with Gasteiger partial charge in [-0.1, -0.05) is 0 Å². The Morgan fingerprint density at radius 1 is 1.12 bits per heavy atom. The van der Waals surface area contributed by atoms with Crippen molar-refractivity contribution in [3.8, 4) is 0 Å². The van der Waals surface area contributed by atoms with Gasteiger partial charge in [-0.2, -0.15) is 7.82 Å². The zero-order valence-corrected chi connectivity index (χ0v) is 7.23. The quantitative estimate of drug-likeness (QED) is 0.350. The molecule has 0 N–H and O–H groups in total. The van der Waals surface area contributed by atoms with Crippen molar-refractivity contribution < 1.29 is 70.5 Å². The molecule has 0 heterocycles. The predicted molar refractivity (Wildman–Crippen MR) is 7.61 cm³/mol. The first-order chi connectivity index (χ1) is 2.00. The molecule has 0 rings (SSSR count). The average molecular weight is 269 g/mol. The molecular weight excluding hydrogens is 269 g/mol. The maximum atomic E-state index is 8.55. The van der Waals surface area contributed by atoms with E-state index in [0.717, 1.165) is 0 Å². The van der Waals surface area contributed by atoms with Crippen LogP contribution in [0.15, 0.2) is 0 Å². The van der Waals surface area contributed by atoms with Crippen molar-refractivity contribution in [3.05, 3.63) is 0 Å². The van der Waals surface area contributed by atoms with Crippen molar-refractivity contribution in [1.29, 1.82) is 0 Å². The Bertz CT molecular complexity index is 62.2. The van der Waals surface area contributed by atoms with Crippen LogP contribution in [0.3, 0.4) is 0 Å². The van der Waals surface area contributed by atoms with E-state index in [1.165, 1.54) is 0 Å². The molecule has 55 valence electrons. The van der Waals surface area contributed by atoms with Crippen molar-refractivity contribution >= 4 is 7.82 Å². The summed E-state index contributed by atoms with van der Waals surface area (Å²) in [5.41, 5.74) is 0. The van der Waals surface area contributed by atoms with Gasteiger partial charge in [0.2, 0.25) is 0 Å². The first-order valence-corrected chi connectivity index (χ1v) is 2.19. The standard InChI is InChI=1S/Cu.Fe.Mn.H3O4P/c;;;1-5(2,3)4/h;;;(H3,1,2,3,4)/q+1;;+2;/p-3. The van der Waals surface area contributed by atoms with E-state index in [1.54, 1.807) is 0 Å². The van der Waals surface area contributed by atoms with E-state index in [-0.39, 0.29) is 51.2 Å². The van der Waals surface area contributed by atoms with E-state index in [9.17, 15) is 0 Å². The second-order valence-electron chi connectivity index (χ2n) is 0.447. The zero-order valence-electron chi connectivity index (χ0n) is 3.11. The number of hydrogen-bond acceptors (Lipinski definition) is 4.